The summed E-state index contributed by atoms with van der Waals surface area (Å²) in [4.78, 5) is 8.42. The molecule has 0 aromatic carbocycles. The van der Waals surface area contributed by atoms with Gasteiger partial charge in [0.2, 0.25) is 0 Å². The molecule has 0 bridgehead atoms. The maximum absolute atomic E-state index is 4.51. The second kappa shape index (κ2) is 4.02. The van der Waals surface area contributed by atoms with Crippen LogP contribution in [-0.2, 0) is 6.54 Å². The van der Waals surface area contributed by atoms with E-state index < -0.39 is 0 Å². The number of hydrogen-bond acceptors (Lipinski definition) is 4. The molecule has 0 saturated heterocycles. The average Bonchev–Trinajstić information content (AvgIpc) is 2.99. The monoisotopic (exact) mass is 215 g/mol. The molecule has 82 valence electrons. The molecule has 2 aromatic heterocycles. The molecule has 1 fully saturated rings. The molecular formula is C11H13N5. The summed E-state index contributed by atoms with van der Waals surface area (Å²) in [5, 5.41) is 7.50. The van der Waals surface area contributed by atoms with Gasteiger partial charge in [-0.25, -0.2) is 14.6 Å². The van der Waals surface area contributed by atoms with Gasteiger partial charge in [0.1, 0.15) is 12.7 Å². The Balaban J connectivity index is 1.76. The Morgan fingerprint density at radius 2 is 2.31 bits per heavy atom. The van der Waals surface area contributed by atoms with Crippen LogP contribution >= 0.6 is 0 Å². The third-order valence-corrected chi connectivity index (χ3v) is 2.59. The van der Waals surface area contributed by atoms with Crippen LogP contribution in [0.1, 0.15) is 18.5 Å². The number of nitrogens with one attached hydrogen (secondary N) is 1. The number of pyridine rings is 1. The van der Waals surface area contributed by atoms with Crippen molar-refractivity contribution in [3.05, 3.63) is 36.5 Å². The maximum atomic E-state index is 4.51. The first-order valence-corrected chi connectivity index (χ1v) is 5.46. The van der Waals surface area contributed by atoms with E-state index in [1.165, 1.54) is 19.2 Å². The summed E-state index contributed by atoms with van der Waals surface area (Å²) in [5.74, 6) is 0.813. The Kier molecular flexibility index (Phi) is 2.38. The highest BCUT2D eigenvalue weighted by atomic mass is 15.3. The molecule has 1 aliphatic rings. The molecule has 16 heavy (non-hydrogen) atoms. The van der Waals surface area contributed by atoms with Crippen LogP contribution in [0.4, 0.5) is 0 Å². The summed E-state index contributed by atoms with van der Waals surface area (Å²) in [6.45, 7) is 0.827. The van der Waals surface area contributed by atoms with Gasteiger partial charge in [0.25, 0.3) is 0 Å². The van der Waals surface area contributed by atoms with Crippen molar-refractivity contribution in [1.29, 1.82) is 0 Å². The Hall–Kier alpha value is -1.75. The van der Waals surface area contributed by atoms with Crippen LogP contribution in [0.5, 0.6) is 0 Å². The standard InChI is InChI=1S/C11H13N5/c1-2-10(6-13-9-4-5-9)15-11(3-1)16-8-12-7-14-16/h1-3,7-9,13H,4-6H2. The van der Waals surface area contributed by atoms with E-state index in [1.54, 1.807) is 11.0 Å². The fourth-order valence-corrected chi connectivity index (χ4v) is 1.56. The number of nitrogens with zero attached hydrogens (tertiary/aromatic N) is 4. The summed E-state index contributed by atoms with van der Waals surface area (Å²) in [7, 11) is 0. The average molecular weight is 215 g/mol. The molecule has 5 nitrogen and oxygen atoms in total. The van der Waals surface area contributed by atoms with E-state index in [-0.39, 0.29) is 0 Å². The zero-order chi connectivity index (χ0) is 10.8. The minimum atomic E-state index is 0.705. The number of rotatable bonds is 4. The van der Waals surface area contributed by atoms with Gasteiger partial charge in [-0.15, -0.1) is 0 Å². The van der Waals surface area contributed by atoms with Gasteiger partial charge in [-0.05, 0) is 25.0 Å². The van der Waals surface area contributed by atoms with Gasteiger partial charge >= 0.3 is 0 Å². The first-order valence-electron chi connectivity index (χ1n) is 5.46. The lowest BCUT2D eigenvalue weighted by molar-refractivity contribution is 0.670. The van der Waals surface area contributed by atoms with E-state index in [0.717, 1.165) is 18.1 Å². The van der Waals surface area contributed by atoms with Gasteiger partial charge in [-0.3, -0.25) is 0 Å². The zero-order valence-corrected chi connectivity index (χ0v) is 8.87. The molecular weight excluding hydrogens is 202 g/mol. The topological polar surface area (TPSA) is 55.6 Å². The van der Waals surface area contributed by atoms with Crippen LogP contribution in [0.25, 0.3) is 5.82 Å². The number of hydrogen-bond donors (Lipinski definition) is 1. The lowest BCUT2D eigenvalue weighted by Gasteiger charge is -2.04. The second-order valence-electron chi connectivity index (χ2n) is 3.98. The van der Waals surface area contributed by atoms with E-state index in [0.29, 0.717) is 6.04 Å². The molecule has 0 atom stereocenters. The van der Waals surface area contributed by atoms with Crippen LogP contribution in [0.2, 0.25) is 0 Å². The summed E-state index contributed by atoms with van der Waals surface area (Å²) in [6.07, 6.45) is 5.75. The first kappa shape index (κ1) is 9.47. The smallest absolute Gasteiger partial charge is 0.155 e. The van der Waals surface area contributed by atoms with Crippen molar-refractivity contribution in [1.82, 2.24) is 25.1 Å². The van der Waals surface area contributed by atoms with Crippen molar-refractivity contribution < 1.29 is 0 Å². The largest absolute Gasteiger partial charge is 0.308 e. The van der Waals surface area contributed by atoms with E-state index in [4.69, 9.17) is 0 Å². The highest BCUT2D eigenvalue weighted by molar-refractivity contribution is 5.22. The quantitative estimate of drug-likeness (QED) is 0.823. The van der Waals surface area contributed by atoms with Crippen molar-refractivity contribution in [3.63, 3.8) is 0 Å². The van der Waals surface area contributed by atoms with Crippen molar-refractivity contribution in [2.75, 3.05) is 0 Å². The van der Waals surface area contributed by atoms with Gasteiger partial charge in [0, 0.05) is 12.6 Å². The van der Waals surface area contributed by atoms with Crippen LogP contribution in [0.15, 0.2) is 30.9 Å². The van der Waals surface area contributed by atoms with Gasteiger partial charge in [0.15, 0.2) is 5.82 Å². The molecule has 0 radical (unpaired) electrons. The van der Waals surface area contributed by atoms with E-state index in [9.17, 15) is 0 Å². The molecule has 2 aromatic rings. The van der Waals surface area contributed by atoms with Crippen molar-refractivity contribution in [3.8, 4) is 5.82 Å². The molecule has 3 rings (SSSR count). The fraction of sp³-hybridized carbons (Fsp3) is 0.364. The van der Waals surface area contributed by atoms with E-state index >= 15 is 0 Å². The summed E-state index contributed by atoms with van der Waals surface area (Å²) in [6, 6.07) is 6.65. The van der Waals surface area contributed by atoms with Gasteiger partial charge in [-0.1, -0.05) is 6.07 Å². The second-order valence-corrected chi connectivity index (χ2v) is 3.98. The van der Waals surface area contributed by atoms with Crippen LogP contribution in [-0.4, -0.2) is 25.8 Å². The van der Waals surface area contributed by atoms with E-state index in [2.05, 4.69) is 20.4 Å². The molecule has 1 aliphatic carbocycles. The Morgan fingerprint density at radius 3 is 3.06 bits per heavy atom. The number of aromatic nitrogens is 4. The van der Waals surface area contributed by atoms with Crippen LogP contribution in [0.3, 0.4) is 0 Å². The van der Waals surface area contributed by atoms with Gasteiger partial charge < -0.3 is 5.32 Å². The predicted molar refractivity (Wildman–Crippen MR) is 59.0 cm³/mol. The lowest BCUT2D eigenvalue weighted by atomic mass is 10.3. The molecule has 1 saturated carbocycles. The summed E-state index contributed by atoms with van der Waals surface area (Å²) >= 11 is 0. The lowest BCUT2D eigenvalue weighted by Crippen LogP contribution is -2.16. The SMILES string of the molecule is c1cc(CNC2CC2)nc(-n2cncn2)c1. The Morgan fingerprint density at radius 1 is 1.38 bits per heavy atom. The van der Waals surface area contributed by atoms with Crippen molar-refractivity contribution in [2.24, 2.45) is 0 Å². The maximum Gasteiger partial charge on any atom is 0.155 e. The molecule has 0 spiro atoms. The summed E-state index contributed by atoms with van der Waals surface area (Å²) < 4.78 is 1.67. The molecule has 0 unspecified atom stereocenters. The predicted octanol–water partition coefficient (Wildman–Crippen LogP) is 0.914. The molecule has 1 N–H and O–H groups in total. The van der Waals surface area contributed by atoms with Crippen LogP contribution in [0, 0.1) is 0 Å². The third-order valence-electron chi connectivity index (χ3n) is 2.59. The third kappa shape index (κ3) is 2.09. The highest BCUT2D eigenvalue weighted by Gasteiger charge is 2.20. The first-order chi connectivity index (χ1) is 7.92. The van der Waals surface area contributed by atoms with E-state index in [1.807, 2.05) is 18.2 Å². The van der Waals surface area contributed by atoms with Crippen LogP contribution < -0.4 is 5.32 Å². The van der Waals surface area contributed by atoms with Crippen molar-refractivity contribution in [2.45, 2.75) is 25.4 Å². The molecule has 2 heterocycles. The minimum Gasteiger partial charge on any atom is -0.308 e. The van der Waals surface area contributed by atoms with Gasteiger partial charge in [-0.2, -0.15) is 5.10 Å². The van der Waals surface area contributed by atoms with Gasteiger partial charge in [0.05, 0.1) is 5.69 Å². The normalized spacial score (nSPS) is 15.2. The van der Waals surface area contributed by atoms with Crippen molar-refractivity contribution >= 4 is 0 Å². The highest BCUT2D eigenvalue weighted by Crippen LogP contribution is 2.19. The fourth-order valence-electron chi connectivity index (χ4n) is 1.56. The molecule has 5 heteroatoms. The summed E-state index contributed by atoms with van der Waals surface area (Å²) in [5.41, 5.74) is 1.04. The molecule has 0 amide bonds. The zero-order valence-electron chi connectivity index (χ0n) is 8.87. The minimum absolute atomic E-state index is 0.705. The Labute approximate surface area is 93.5 Å². The molecule has 0 aliphatic heterocycles. The Bertz CT molecular complexity index is 461.